The zero-order valence-corrected chi connectivity index (χ0v) is 11.6. The molecule has 1 rings (SSSR count). The number of carbonyl (C=O) groups is 2. The minimum Gasteiger partial charge on any atom is -0.478 e. The third-order valence-corrected chi connectivity index (χ3v) is 2.98. The number of furan rings is 1. The summed E-state index contributed by atoms with van der Waals surface area (Å²) in [6.45, 7) is 7.68. The largest absolute Gasteiger partial charge is 0.478 e. The van der Waals surface area contributed by atoms with Crippen molar-refractivity contribution in [1.82, 2.24) is 10.6 Å². The van der Waals surface area contributed by atoms with E-state index in [2.05, 4.69) is 10.6 Å². The highest BCUT2D eigenvalue weighted by Gasteiger charge is 2.15. The molecule has 0 bridgehead atoms. The fourth-order valence-electron chi connectivity index (χ4n) is 1.44. The number of carboxylic acid groups (broad SMARTS) is 1. The van der Waals surface area contributed by atoms with Gasteiger partial charge in [0, 0.05) is 6.04 Å². The van der Waals surface area contributed by atoms with Crippen molar-refractivity contribution in [3.8, 4) is 0 Å². The van der Waals surface area contributed by atoms with Crippen LogP contribution in [-0.4, -0.2) is 23.1 Å². The number of aryl methyl sites for hydroxylation is 1. The Morgan fingerprint density at radius 3 is 2.47 bits per heavy atom. The Morgan fingerprint density at radius 1 is 1.37 bits per heavy atom. The van der Waals surface area contributed by atoms with E-state index in [4.69, 9.17) is 9.52 Å². The van der Waals surface area contributed by atoms with Gasteiger partial charge in [0.05, 0.1) is 6.54 Å². The topological polar surface area (TPSA) is 91.6 Å². The monoisotopic (exact) mass is 268 g/mol. The van der Waals surface area contributed by atoms with Crippen molar-refractivity contribution in [2.45, 2.75) is 40.3 Å². The standard InChI is InChI=1S/C13H20N2O4/c1-7(2)8(3)15-13(18)14-6-10-5-11(12(16)17)9(4)19-10/h5,7-8H,6H2,1-4H3,(H,16,17)(H2,14,15,18). The van der Waals surface area contributed by atoms with Crippen molar-refractivity contribution in [1.29, 1.82) is 0 Å². The molecule has 1 unspecified atom stereocenters. The molecule has 0 aromatic carbocycles. The van der Waals surface area contributed by atoms with Gasteiger partial charge in [-0.2, -0.15) is 0 Å². The minimum atomic E-state index is -1.04. The Labute approximate surface area is 112 Å². The number of hydrogen-bond acceptors (Lipinski definition) is 3. The van der Waals surface area contributed by atoms with Crippen LogP contribution in [0.15, 0.2) is 10.5 Å². The van der Waals surface area contributed by atoms with E-state index in [9.17, 15) is 9.59 Å². The third-order valence-electron chi connectivity index (χ3n) is 2.98. The predicted octanol–water partition coefficient (Wildman–Crippen LogP) is 2.13. The summed E-state index contributed by atoms with van der Waals surface area (Å²) in [5.74, 6) is 0.0584. The van der Waals surface area contributed by atoms with Crippen LogP contribution >= 0.6 is 0 Å². The minimum absolute atomic E-state index is 0.0629. The predicted molar refractivity (Wildman–Crippen MR) is 70.1 cm³/mol. The van der Waals surface area contributed by atoms with Gasteiger partial charge in [0.2, 0.25) is 0 Å². The van der Waals surface area contributed by atoms with E-state index in [1.807, 2.05) is 20.8 Å². The quantitative estimate of drug-likeness (QED) is 0.762. The molecular weight excluding hydrogens is 248 g/mol. The van der Waals surface area contributed by atoms with Crippen molar-refractivity contribution in [2.75, 3.05) is 0 Å². The van der Waals surface area contributed by atoms with Crippen molar-refractivity contribution in [3.63, 3.8) is 0 Å². The number of carbonyl (C=O) groups excluding carboxylic acids is 1. The van der Waals surface area contributed by atoms with Crippen LogP contribution in [0.1, 0.15) is 42.6 Å². The molecule has 0 radical (unpaired) electrons. The average molecular weight is 268 g/mol. The summed E-state index contributed by atoms with van der Waals surface area (Å²) in [5.41, 5.74) is 0.118. The van der Waals surface area contributed by atoms with Crippen LogP contribution < -0.4 is 10.6 Å². The fourth-order valence-corrected chi connectivity index (χ4v) is 1.44. The molecule has 0 aliphatic carbocycles. The molecule has 0 aliphatic heterocycles. The van der Waals surface area contributed by atoms with E-state index in [1.54, 1.807) is 6.92 Å². The molecule has 1 aromatic heterocycles. The van der Waals surface area contributed by atoms with Crippen LogP contribution in [-0.2, 0) is 6.54 Å². The van der Waals surface area contributed by atoms with Crippen molar-refractivity contribution < 1.29 is 19.1 Å². The molecule has 1 heterocycles. The maximum absolute atomic E-state index is 11.6. The first-order valence-corrected chi connectivity index (χ1v) is 6.18. The van der Waals surface area contributed by atoms with Gasteiger partial charge in [-0.15, -0.1) is 0 Å². The summed E-state index contributed by atoms with van der Waals surface area (Å²) < 4.78 is 5.26. The maximum Gasteiger partial charge on any atom is 0.339 e. The molecule has 0 saturated heterocycles. The van der Waals surface area contributed by atoms with E-state index in [0.717, 1.165) is 0 Å². The molecule has 19 heavy (non-hydrogen) atoms. The van der Waals surface area contributed by atoms with Gasteiger partial charge in [-0.05, 0) is 25.8 Å². The van der Waals surface area contributed by atoms with E-state index in [-0.39, 0.29) is 24.2 Å². The molecular formula is C13H20N2O4. The lowest BCUT2D eigenvalue weighted by Gasteiger charge is -2.17. The van der Waals surface area contributed by atoms with Gasteiger partial charge in [-0.3, -0.25) is 0 Å². The number of aromatic carboxylic acids is 1. The first-order valence-electron chi connectivity index (χ1n) is 6.18. The summed E-state index contributed by atoms with van der Waals surface area (Å²) >= 11 is 0. The summed E-state index contributed by atoms with van der Waals surface area (Å²) in [7, 11) is 0. The fraction of sp³-hybridized carbons (Fsp3) is 0.538. The molecule has 6 nitrogen and oxygen atoms in total. The van der Waals surface area contributed by atoms with Crippen LogP contribution in [0.4, 0.5) is 4.79 Å². The number of urea groups is 1. The summed E-state index contributed by atoms with van der Waals surface area (Å²) in [6, 6.07) is 1.18. The molecule has 2 amide bonds. The second-order valence-corrected chi connectivity index (χ2v) is 4.85. The molecule has 6 heteroatoms. The van der Waals surface area contributed by atoms with Gasteiger partial charge in [0.25, 0.3) is 0 Å². The second-order valence-electron chi connectivity index (χ2n) is 4.85. The van der Waals surface area contributed by atoms with Crippen LogP contribution in [0.2, 0.25) is 0 Å². The van der Waals surface area contributed by atoms with E-state index < -0.39 is 5.97 Å². The molecule has 0 fully saturated rings. The highest BCUT2D eigenvalue weighted by molar-refractivity contribution is 5.88. The zero-order valence-electron chi connectivity index (χ0n) is 11.6. The van der Waals surface area contributed by atoms with Crippen molar-refractivity contribution in [3.05, 3.63) is 23.2 Å². The highest BCUT2D eigenvalue weighted by Crippen LogP contribution is 2.14. The lowest BCUT2D eigenvalue weighted by molar-refractivity contribution is 0.0695. The van der Waals surface area contributed by atoms with Gasteiger partial charge in [-0.25, -0.2) is 9.59 Å². The molecule has 0 aliphatic rings. The third kappa shape index (κ3) is 4.31. The van der Waals surface area contributed by atoms with Crippen molar-refractivity contribution in [2.24, 2.45) is 5.92 Å². The lowest BCUT2D eigenvalue weighted by Crippen LogP contribution is -2.42. The van der Waals surface area contributed by atoms with Crippen LogP contribution in [0, 0.1) is 12.8 Å². The van der Waals surface area contributed by atoms with Gasteiger partial charge in [0.15, 0.2) is 0 Å². The Hall–Kier alpha value is -1.98. The number of rotatable bonds is 5. The van der Waals surface area contributed by atoms with E-state index in [0.29, 0.717) is 17.4 Å². The SMILES string of the molecule is Cc1oc(CNC(=O)NC(C)C(C)C)cc1C(=O)O. The Bertz CT molecular complexity index is 465. The first kappa shape index (κ1) is 15.1. The Kier molecular flexibility index (Phi) is 4.97. The molecule has 3 N–H and O–H groups in total. The average Bonchev–Trinajstić information content (AvgIpc) is 2.68. The molecule has 0 saturated carbocycles. The number of hydrogen-bond donors (Lipinski definition) is 3. The number of amides is 2. The molecule has 0 spiro atoms. The molecule has 106 valence electrons. The van der Waals surface area contributed by atoms with E-state index in [1.165, 1.54) is 6.07 Å². The second kappa shape index (κ2) is 6.26. The number of carboxylic acids is 1. The van der Waals surface area contributed by atoms with E-state index >= 15 is 0 Å². The summed E-state index contributed by atoms with van der Waals surface area (Å²) in [5, 5.41) is 14.3. The van der Waals surface area contributed by atoms with Gasteiger partial charge < -0.3 is 20.2 Å². The Balaban J connectivity index is 2.51. The first-order chi connectivity index (χ1) is 8.81. The summed E-state index contributed by atoms with van der Waals surface area (Å²) in [4.78, 5) is 22.4. The zero-order chi connectivity index (χ0) is 14.6. The summed E-state index contributed by atoms with van der Waals surface area (Å²) in [6.07, 6.45) is 0. The molecule has 1 aromatic rings. The maximum atomic E-state index is 11.6. The molecule has 1 atom stereocenters. The Morgan fingerprint density at radius 2 is 2.00 bits per heavy atom. The van der Waals surface area contributed by atoms with Crippen molar-refractivity contribution >= 4 is 12.0 Å². The normalized spacial score (nSPS) is 12.3. The number of nitrogens with one attached hydrogen (secondary N) is 2. The van der Waals surface area contributed by atoms with Gasteiger partial charge in [0.1, 0.15) is 17.1 Å². The van der Waals surface area contributed by atoms with Crippen LogP contribution in [0.25, 0.3) is 0 Å². The smallest absolute Gasteiger partial charge is 0.339 e. The van der Waals surface area contributed by atoms with Gasteiger partial charge >= 0.3 is 12.0 Å². The lowest BCUT2D eigenvalue weighted by atomic mass is 10.1. The van der Waals surface area contributed by atoms with Gasteiger partial charge in [-0.1, -0.05) is 13.8 Å². The highest BCUT2D eigenvalue weighted by atomic mass is 16.4. The van der Waals surface area contributed by atoms with Crippen LogP contribution in [0.5, 0.6) is 0 Å². The van der Waals surface area contributed by atoms with Crippen LogP contribution in [0.3, 0.4) is 0 Å².